The summed E-state index contributed by atoms with van der Waals surface area (Å²) in [5.41, 5.74) is -0.350. The van der Waals surface area contributed by atoms with Crippen molar-refractivity contribution in [3.05, 3.63) is 34.2 Å². The number of aromatic amines is 1. The molecular weight excluding hydrogens is 256 g/mol. The number of thioether (sulfide) groups is 1. The molecule has 0 radical (unpaired) electrons. The van der Waals surface area contributed by atoms with Crippen molar-refractivity contribution >= 4 is 23.6 Å². The van der Waals surface area contributed by atoms with Crippen LogP contribution in [0.5, 0.6) is 0 Å². The molecule has 1 aromatic heterocycles. The van der Waals surface area contributed by atoms with E-state index in [0.717, 1.165) is 0 Å². The van der Waals surface area contributed by atoms with E-state index in [2.05, 4.69) is 10.3 Å². The van der Waals surface area contributed by atoms with Gasteiger partial charge in [0.2, 0.25) is 5.56 Å². The number of hydrogen-bond acceptors (Lipinski definition) is 4. The largest absolute Gasteiger partial charge is 0.480 e. The van der Waals surface area contributed by atoms with Crippen LogP contribution in [0.4, 0.5) is 0 Å². The number of H-pyrrole nitrogens is 1. The highest BCUT2D eigenvalue weighted by Crippen LogP contribution is 2.02. The minimum absolute atomic E-state index is 0.0536. The summed E-state index contributed by atoms with van der Waals surface area (Å²) in [7, 11) is 0. The fourth-order valence-electron chi connectivity index (χ4n) is 1.31. The van der Waals surface area contributed by atoms with Gasteiger partial charge in [-0.15, -0.1) is 0 Å². The van der Waals surface area contributed by atoms with Crippen molar-refractivity contribution < 1.29 is 14.7 Å². The SMILES string of the molecule is CSCC[C@H](NC(=O)c1cccc(=O)[nH]1)C(=O)O. The molecule has 1 atom stereocenters. The van der Waals surface area contributed by atoms with Crippen molar-refractivity contribution in [1.82, 2.24) is 10.3 Å². The highest BCUT2D eigenvalue weighted by Gasteiger charge is 2.20. The molecule has 6 nitrogen and oxygen atoms in total. The van der Waals surface area contributed by atoms with Crippen molar-refractivity contribution in [2.75, 3.05) is 12.0 Å². The van der Waals surface area contributed by atoms with E-state index >= 15 is 0 Å². The first-order valence-corrected chi connectivity index (χ1v) is 6.66. The fraction of sp³-hybridized carbons (Fsp3) is 0.364. The van der Waals surface area contributed by atoms with Crippen molar-refractivity contribution in [3.8, 4) is 0 Å². The third-order valence-electron chi connectivity index (χ3n) is 2.23. The number of aliphatic carboxylic acids is 1. The lowest BCUT2D eigenvalue weighted by molar-refractivity contribution is -0.139. The zero-order chi connectivity index (χ0) is 13.5. The van der Waals surface area contributed by atoms with Gasteiger partial charge >= 0.3 is 5.97 Å². The maximum atomic E-state index is 11.7. The second kappa shape index (κ2) is 6.85. The van der Waals surface area contributed by atoms with Gasteiger partial charge in [-0.1, -0.05) is 6.07 Å². The highest BCUT2D eigenvalue weighted by molar-refractivity contribution is 7.98. The van der Waals surface area contributed by atoms with Gasteiger partial charge in [0, 0.05) is 6.07 Å². The lowest BCUT2D eigenvalue weighted by Gasteiger charge is -2.13. The molecule has 0 saturated heterocycles. The number of aromatic nitrogens is 1. The van der Waals surface area contributed by atoms with Gasteiger partial charge in [-0.25, -0.2) is 4.79 Å². The van der Waals surface area contributed by atoms with E-state index in [1.165, 1.54) is 30.0 Å². The average molecular weight is 270 g/mol. The summed E-state index contributed by atoms with van der Waals surface area (Å²) in [6.45, 7) is 0. The number of hydrogen-bond donors (Lipinski definition) is 3. The monoisotopic (exact) mass is 270 g/mol. The molecule has 0 unspecified atom stereocenters. The van der Waals surface area contributed by atoms with Gasteiger partial charge in [0.25, 0.3) is 5.91 Å². The molecule has 1 rings (SSSR count). The van der Waals surface area contributed by atoms with Crippen LogP contribution in [0.1, 0.15) is 16.9 Å². The topological polar surface area (TPSA) is 99.3 Å². The van der Waals surface area contributed by atoms with Crippen LogP contribution in [0.15, 0.2) is 23.0 Å². The third kappa shape index (κ3) is 4.25. The molecule has 3 N–H and O–H groups in total. The summed E-state index contributed by atoms with van der Waals surface area (Å²) >= 11 is 1.50. The van der Waals surface area contributed by atoms with Gasteiger partial charge in [0.1, 0.15) is 11.7 Å². The number of rotatable bonds is 6. The summed E-state index contributed by atoms with van der Waals surface area (Å²) in [6.07, 6.45) is 2.19. The first-order chi connectivity index (χ1) is 8.54. The number of carbonyl (C=O) groups excluding carboxylic acids is 1. The second-order valence-electron chi connectivity index (χ2n) is 3.57. The Morgan fingerprint density at radius 1 is 1.50 bits per heavy atom. The van der Waals surface area contributed by atoms with Crippen LogP contribution in [0, 0.1) is 0 Å². The van der Waals surface area contributed by atoms with Gasteiger partial charge in [-0.2, -0.15) is 11.8 Å². The molecule has 1 amide bonds. The molecule has 7 heteroatoms. The molecule has 0 spiro atoms. The Hall–Kier alpha value is -1.76. The third-order valence-corrected chi connectivity index (χ3v) is 2.87. The highest BCUT2D eigenvalue weighted by atomic mass is 32.2. The van der Waals surface area contributed by atoms with Gasteiger partial charge in [0.15, 0.2) is 0 Å². The van der Waals surface area contributed by atoms with E-state index in [9.17, 15) is 14.4 Å². The molecule has 0 bridgehead atoms. The Balaban J connectivity index is 2.72. The van der Waals surface area contributed by atoms with E-state index in [0.29, 0.717) is 12.2 Å². The van der Waals surface area contributed by atoms with Crippen LogP contribution in [0.25, 0.3) is 0 Å². The molecule has 0 fully saturated rings. The minimum atomic E-state index is -1.09. The Bertz CT molecular complexity index is 486. The van der Waals surface area contributed by atoms with Crippen molar-refractivity contribution in [1.29, 1.82) is 0 Å². The van der Waals surface area contributed by atoms with E-state index in [4.69, 9.17) is 5.11 Å². The lowest BCUT2D eigenvalue weighted by Crippen LogP contribution is -2.41. The quantitative estimate of drug-likeness (QED) is 0.691. The van der Waals surface area contributed by atoms with Crippen LogP contribution in [-0.4, -0.2) is 40.0 Å². The van der Waals surface area contributed by atoms with Crippen LogP contribution < -0.4 is 10.9 Å². The Labute approximate surface area is 108 Å². The fourth-order valence-corrected chi connectivity index (χ4v) is 1.78. The molecule has 0 saturated carbocycles. The Morgan fingerprint density at radius 2 is 2.22 bits per heavy atom. The molecule has 0 aliphatic heterocycles. The van der Waals surface area contributed by atoms with Crippen LogP contribution in [-0.2, 0) is 4.79 Å². The Kier molecular flexibility index (Phi) is 5.44. The normalized spacial score (nSPS) is 11.8. The molecule has 1 aromatic rings. The molecule has 0 aromatic carbocycles. The molecular formula is C11H14N2O4S. The van der Waals surface area contributed by atoms with Gasteiger partial charge in [-0.05, 0) is 24.5 Å². The van der Waals surface area contributed by atoms with Gasteiger partial charge in [-0.3, -0.25) is 9.59 Å². The van der Waals surface area contributed by atoms with E-state index in [1.54, 1.807) is 0 Å². The first kappa shape index (κ1) is 14.3. The molecule has 0 aliphatic carbocycles. The van der Waals surface area contributed by atoms with Crippen molar-refractivity contribution in [2.24, 2.45) is 0 Å². The van der Waals surface area contributed by atoms with Crippen molar-refractivity contribution in [2.45, 2.75) is 12.5 Å². The maximum absolute atomic E-state index is 11.7. The molecule has 98 valence electrons. The molecule has 18 heavy (non-hydrogen) atoms. The summed E-state index contributed by atoms with van der Waals surface area (Å²) < 4.78 is 0. The number of pyridine rings is 1. The number of carbonyl (C=O) groups is 2. The number of amides is 1. The Morgan fingerprint density at radius 3 is 2.78 bits per heavy atom. The van der Waals surface area contributed by atoms with Gasteiger partial charge in [0.05, 0.1) is 0 Å². The zero-order valence-corrected chi connectivity index (χ0v) is 10.6. The lowest BCUT2D eigenvalue weighted by atomic mass is 10.2. The molecule has 0 aliphatic rings. The van der Waals surface area contributed by atoms with E-state index < -0.39 is 23.5 Å². The summed E-state index contributed by atoms with van der Waals surface area (Å²) in [5.74, 6) is -1.06. The number of carboxylic acids is 1. The van der Waals surface area contributed by atoms with Crippen molar-refractivity contribution in [3.63, 3.8) is 0 Å². The average Bonchev–Trinajstić information content (AvgIpc) is 2.33. The predicted molar refractivity (Wildman–Crippen MR) is 69.0 cm³/mol. The van der Waals surface area contributed by atoms with E-state index in [1.807, 2.05) is 6.26 Å². The summed E-state index contributed by atoms with van der Waals surface area (Å²) in [4.78, 5) is 36.0. The van der Waals surface area contributed by atoms with E-state index in [-0.39, 0.29) is 5.69 Å². The second-order valence-corrected chi connectivity index (χ2v) is 4.56. The minimum Gasteiger partial charge on any atom is -0.480 e. The first-order valence-electron chi connectivity index (χ1n) is 5.26. The smallest absolute Gasteiger partial charge is 0.326 e. The van der Waals surface area contributed by atoms with Crippen LogP contribution in [0.2, 0.25) is 0 Å². The van der Waals surface area contributed by atoms with Gasteiger partial charge < -0.3 is 15.4 Å². The van der Waals surface area contributed by atoms with Crippen LogP contribution in [0.3, 0.4) is 0 Å². The number of nitrogens with one attached hydrogen (secondary N) is 2. The maximum Gasteiger partial charge on any atom is 0.326 e. The van der Waals surface area contributed by atoms with Crippen LogP contribution >= 0.6 is 11.8 Å². The summed E-state index contributed by atoms with van der Waals surface area (Å²) in [5, 5.41) is 11.3. The summed E-state index contributed by atoms with van der Waals surface area (Å²) in [6, 6.07) is 3.18. The zero-order valence-electron chi connectivity index (χ0n) is 9.80. The predicted octanol–water partition coefficient (Wildman–Crippen LogP) is 0.311. The number of carboxylic acid groups (broad SMARTS) is 1. The standard InChI is InChI=1S/C11H14N2O4S/c1-18-6-5-8(11(16)17)13-10(15)7-3-2-4-9(14)12-7/h2-4,8H,5-6H2,1H3,(H,12,14)(H,13,15)(H,16,17)/t8-/m0/s1. The molecule has 1 heterocycles.